The van der Waals surface area contributed by atoms with Crippen LogP contribution in [0.15, 0.2) is 15.7 Å². The van der Waals surface area contributed by atoms with Gasteiger partial charge in [0.05, 0.1) is 0 Å². The quantitative estimate of drug-likeness (QED) is 0.506. The van der Waals surface area contributed by atoms with Crippen LogP contribution in [0.1, 0.15) is 10.5 Å². The van der Waals surface area contributed by atoms with Crippen molar-refractivity contribution in [3.05, 3.63) is 32.6 Å². The van der Waals surface area contributed by atoms with E-state index in [4.69, 9.17) is 5.11 Å². The van der Waals surface area contributed by atoms with Gasteiger partial charge in [0.1, 0.15) is 5.69 Å². The fraction of sp³-hybridized carbons (Fsp3) is 0. The molecule has 0 radical (unpaired) electrons. The molecule has 3 N–H and O–H groups in total. The van der Waals surface area contributed by atoms with E-state index in [1.54, 1.807) is 0 Å². The highest BCUT2D eigenvalue weighted by Crippen LogP contribution is 1.81. The van der Waals surface area contributed by atoms with Crippen molar-refractivity contribution in [2.45, 2.75) is 0 Å². The van der Waals surface area contributed by atoms with Crippen molar-refractivity contribution in [3.63, 3.8) is 0 Å². The van der Waals surface area contributed by atoms with Gasteiger partial charge in [-0.2, -0.15) is 0 Å². The summed E-state index contributed by atoms with van der Waals surface area (Å²) in [6.45, 7) is 0. The lowest BCUT2D eigenvalue weighted by Crippen LogP contribution is -2.24. The molecule has 6 nitrogen and oxygen atoms in total. The van der Waals surface area contributed by atoms with Gasteiger partial charge >= 0.3 is 11.7 Å². The number of carboxylic acid groups (broad SMARTS) is 1. The Morgan fingerprint density at radius 2 is 1.92 bits per heavy atom. The molecule has 0 fully saturated rings. The Balaban J connectivity index is 0.00000121. The second-order valence-corrected chi connectivity index (χ2v) is 1.81. The molecule has 0 atom stereocenters. The fourth-order valence-corrected chi connectivity index (χ4v) is 0.584. The van der Waals surface area contributed by atoms with Gasteiger partial charge in [0.25, 0.3) is 5.56 Å². The van der Waals surface area contributed by atoms with E-state index in [9.17, 15) is 14.4 Å². The third-order valence-electron chi connectivity index (χ3n) is 0.991. The molecule has 0 aliphatic heterocycles. The molecule has 0 saturated carbocycles. The molecule has 1 aromatic rings. The van der Waals surface area contributed by atoms with Crippen LogP contribution in [0.25, 0.3) is 0 Å². The van der Waals surface area contributed by atoms with E-state index in [1.165, 1.54) is 0 Å². The highest BCUT2D eigenvalue weighted by Gasteiger charge is 2.03. The number of hydrogen-bond donors (Lipinski definition) is 3. The first-order valence-electron chi connectivity index (χ1n) is 2.66. The molecular weight excluding hydrogens is 171 g/mol. The number of aromatic carboxylic acids is 1. The fourth-order valence-electron chi connectivity index (χ4n) is 0.584. The van der Waals surface area contributed by atoms with E-state index in [2.05, 4.69) is 0 Å². The van der Waals surface area contributed by atoms with Crippen LogP contribution in [0, 0.1) is 0 Å². The lowest BCUT2D eigenvalue weighted by Gasteiger charge is -1.89. The summed E-state index contributed by atoms with van der Waals surface area (Å²) in [5.74, 6) is -1.34. The zero-order chi connectivity index (χ0) is 8.43. The number of carbonyl (C=O) groups is 1. The van der Waals surface area contributed by atoms with Crippen LogP contribution in [0.4, 0.5) is 4.70 Å². The predicted octanol–water partition coefficient (Wildman–Crippen LogP) is -1.09. The van der Waals surface area contributed by atoms with Gasteiger partial charge in [0.15, 0.2) is 0 Å². The van der Waals surface area contributed by atoms with E-state index in [1.807, 2.05) is 9.97 Å². The largest absolute Gasteiger partial charge is 0.477 e. The molecule has 0 spiro atoms. The van der Waals surface area contributed by atoms with Gasteiger partial charge in [0, 0.05) is 6.07 Å². The van der Waals surface area contributed by atoms with Crippen molar-refractivity contribution in [2.24, 2.45) is 0 Å². The summed E-state index contributed by atoms with van der Waals surface area (Å²) in [4.78, 5) is 34.9. The average molecular weight is 176 g/mol. The maximum Gasteiger partial charge on any atom is 0.352 e. The zero-order valence-electron chi connectivity index (χ0n) is 5.66. The number of hydrogen-bond acceptors (Lipinski definition) is 3. The third kappa shape index (κ3) is 2.04. The van der Waals surface area contributed by atoms with Crippen molar-refractivity contribution in [1.82, 2.24) is 9.97 Å². The standard InChI is InChI=1S/C5H4N2O4.FH/c8-3-1-2(4(9)10)6-5(11)7-3;/h1H,(H,9,10)(H2,6,7,8,11);1H. The Kier molecular flexibility index (Phi) is 2.91. The summed E-state index contributed by atoms with van der Waals surface area (Å²) >= 11 is 0. The highest BCUT2D eigenvalue weighted by molar-refractivity contribution is 5.84. The SMILES string of the molecule is F.O=C(O)c1cc(=O)[nH]c(=O)[nH]1. The normalized spacial score (nSPS) is 8.67. The maximum absolute atomic E-state index is 10.5. The van der Waals surface area contributed by atoms with Gasteiger partial charge in [-0.1, -0.05) is 0 Å². The molecule has 0 saturated heterocycles. The second-order valence-electron chi connectivity index (χ2n) is 1.81. The second kappa shape index (κ2) is 3.46. The van der Waals surface area contributed by atoms with Gasteiger partial charge in [-0.3, -0.25) is 14.5 Å². The van der Waals surface area contributed by atoms with E-state index in [0.717, 1.165) is 6.07 Å². The molecule has 1 aromatic heterocycles. The molecule has 0 aliphatic carbocycles. The van der Waals surface area contributed by atoms with Crippen LogP contribution < -0.4 is 11.2 Å². The molecule has 0 amide bonds. The first-order valence-corrected chi connectivity index (χ1v) is 2.66. The van der Waals surface area contributed by atoms with Crippen LogP contribution in [0.5, 0.6) is 0 Å². The molecular formula is C5H5FN2O4. The van der Waals surface area contributed by atoms with Gasteiger partial charge < -0.3 is 10.1 Å². The molecule has 0 unspecified atom stereocenters. The summed E-state index contributed by atoms with van der Waals surface area (Å²) in [5.41, 5.74) is -1.97. The Morgan fingerprint density at radius 1 is 1.33 bits per heavy atom. The lowest BCUT2D eigenvalue weighted by atomic mass is 10.4. The lowest BCUT2D eigenvalue weighted by molar-refractivity contribution is 0.0689. The third-order valence-corrected chi connectivity index (χ3v) is 0.991. The van der Waals surface area contributed by atoms with E-state index in [0.29, 0.717) is 0 Å². The van der Waals surface area contributed by atoms with Crippen molar-refractivity contribution >= 4 is 5.97 Å². The highest BCUT2D eigenvalue weighted by atomic mass is 19.0. The van der Waals surface area contributed by atoms with Crippen molar-refractivity contribution in [1.29, 1.82) is 0 Å². The minimum atomic E-state index is -1.34. The van der Waals surface area contributed by atoms with Gasteiger partial charge in [-0.15, -0.1) is 0 Å². The Bertz CT molecular complexity index is 365. The molecule has 0 aliphatic rings. The Morgan fingerprint density at radius 3 is 2.33 bits per heavy atom. The van der Waals surface area contributed by atoms with E-state index < -0.39 is 22.9 Å². The first-order chi connectivity index (χ1) is 5.09. The Hall–Kier alpha value is -1.92. The van der Waals surface area contributed by atoms with E-state index >= 15 is 0 Å². The number of nitrogens with one attached hydrogen (secondary N) is 2. The average Bonchev–Trinajstić information content (AvgIpc) is 1.85. The minimum absolute atomic E-state index is 0. The molecule has 1 heterocycles. The summed E-state index contributed by atoms with van der Waals surface area (Å²) in [7, 11) is 0. The van der Waals surface area contributed by atoms with Crippen LogP contribution in [-0.4, -0.2) is 21.0 Å². The topological polar surface area (TPSA) is 103 Å². The summed E-state index contributed by atoms with van der Waals surface area (Å²) in [5, 5.41) is 8.31. The smallest absolute Gasteiger partial charge is 0.352 e. The molecule has 0 bridgehead atoms. The number of aromatic amines is 2. The van der Waals surface area contributed by atoms with E-state index in [-0.39, 0.29) is 4.70 Å². The van der Waals surface area contributed by atoms with Gasteiger partial charge in [0.2, 0.25) is 0 Å². The van der Waals surface area contributed by atoms with Crippen molar-refractivity contribution < 1.29 is 14.6 Å². The molecule has 7 heteroatoms. The zero-order valence-corrected chi connectivity index (χ0v) is 5.66. The molecule has 0 aromatic carbocycles. The molecule has 66 valence electrons. The summed E-state index contributed by atoms with van der Waals surface area (Å²) in [6, 6.07) is 0.795. The number of carboxylic acids is 1. The van der Waals surface area contributed by atoms with Crippen LogP contribution in [0.3, 0.4) is 0 Å². The Labute approximate surface area is 64.2 Å². The van der Waals surface area contributed by atoms with Gasteiger partial charge in [-0.25, -0.2) is 9.59 Å². The first kappa shape index (κ1) is 10.1. The van der Waals surface area contributed by atoms with Crippen LogP contribution >= 0.6 is 0 Å². The maximum atomic E-state index is 10.5. The summed E-state index contributed by atoms with van der Waals surface area (Å²) in [6.07, 6.45) is 0. The van der Waals surface area contributed by atoms with Gasteiger partial charge in [-0.05, 0) is 0 Å². The number of aromatic nitrogens is 2. The van der Waals surface area contributed by atoms with Crippen LogP contribution in [-0.2, 0) is 0 Å². The number of H-pyrrole nitrogens is 2. The van der Waals surface area contributed by atoms with Crippen LogP contribution in [0.2, 0.25) is 0 Å². The molecule has 12 heavy (non-hydrogen) atoms. The number of rotatable bonds is 1. The predicted molar refractivity (Wildman–Crippen MR) is 37.1 cm³/mol. The molecule has 1 rings (SSSR count). The minimum Gasteiger partial charge on any atom is -0.477 e. The number of halogens is 1. The summed E-state index contributed by atoms with van der Waals surface area (Å²) < 4.78 is 0. The monoisotopic (exact) mass is 176 g/mol. The van der Waals surface area contributed by atoms with Crippen molar-refractivity contribution in [2.75, 3.05) is 0 Å². The van der Waals surface area contributed by atoms with Crippen molar-refractivity contribution in [3.8, 4) is 0 Å².